The lowest BCUT2D eigenvalue weighted by Gasteiger charge is -2.30. The van der Waals surface area contributed by atoms with Gasteiger partial charge in [0.25, 0.3) is 5.91 Å². The summed E-state index contributed by atoms with van der Waals surface area (Å²) in [5.74, 6) is -0.656. The number of nitrogens with zero attached hydrogens (tertiary/aromatic N) is 1. The van der Waals surface area contributed by atoms with Crippen LogP contribution in [-0.4, -0.2) is 54.3 Å². The molecule has 1 amide bonds. The summed E-state index contributed by atoms with van der Waals surface area (Å²) in [7, 11) is 0. The number of benzene rings is 1. The topological polar surface area (TPSA) is 76.1 Å². The number of hydrogen-bond acceptors (Lipinski definition) is 4. The van der Waals surface area contributed by atoms with Crippen molar-refractivity contribution in [3.63, 3.8) is 0 Å². The van der Waals surface area contributed by atoms with E-state index < -0.39 is 12.1 Å². The molecule has 1 N–H and O–H groups in total. The summed E-state index contributed by atoms with van der Waals surface area (Å²) in [6.07, 6.45) is -0.00430. The van der Waals surface area contributed by atoms with Gasteiger partial charge in [-0.05, 0) is 24.1 Å². The molecule has 0 saturated carbocycles. The summed E-state index contributed by atoms with van der Waals surface area (Å²) in [5.41, 5.74) is 1.20. The maximum absolute atomic E-state index is 12.0. The molecule has 21 heavy (non-hydrogen) atoms. The largest absolute Gasteiger partial charge is 0.484 e. The van der Waals surface area contributed by atoms with Gasteiger partial charge < -0.3 is 19.5 Å². The average Bonchev–Trinajstić information content (AvgIpc) is 2.53. The first-order valence-electron chi connectivity index (χ1n) is 6.94. The Morgan fingerprint density at radius 1 is 1.38 bits per heavy atom. The third-order valence-corrected chi connectivity index (χ3v) is 3.39. The van der Waals surface area contributed by atoms with Gasteiger partial charge >= 0.3 is 5.97 Å². The molecule has 1 aliphatic heterocycles. The Balaban J connectivity index is 1.84. The number of aryl methyl sites for hydroxylation is 1. The molecular formula is C15H19NO5. The van der Waals surface area contributed by atoms with Crippen LogP contribution in [0.4, 0.5) is 0 Å². The number of ether oxygens (including phenoxy) is 2. The molecule has 6 heteroatoms. The molecule has 1 aromatic rings. The van der Waals surface area contributed by atoms with Crippen molar-refractivity contribution < 1.29 is 24.2 Å². The minimum atomic E-state index is -1.05. The van der Waals surface area contributed by atoms with Gasteiger partial charge in [0.1, 0.15) is 5.75 Å². The number of carboxylic acid groups (broad SMARTS) is 1. The number of morpholine rings is 1. The fraction of sp³-hybridized carbons (Fsp3) is 0.467. The van der Waals surface area contributed by atoms with Gasteiger partial charge in [0.05, 0.1) is 13.2 Å². The first-order valence-corrected chi connectivity index (χ1v) is 6.94. The van der Waals surface area contributed by atoms with E-state index in [1.165, 1.54) is 10.5 Å². The van der Waals surface area contributed by atoms with Crippen LogP contribution < -0.4 is 4.74 Å². The summed E-state index contributed by atoms with van der Waals surface area (Å²) in [6.45, 7) is 2.65. The van der Waals surface area contributed by atoms with Crippen LogP contribution in [0, 0.1) is 0 Å². The Kier molecular flexibility index (Phi) is 5.16. The molecular weight excluding hydrogens is 274 g/mol. The first-order chi connectivity index (χ1) is 10.1. The number of carboxylic acids is 1. The molecule has 0 aromatic heterocycles. The van der Waals surface area contributed by atoms with Crippen molar-refractivity contribution in [1.29, 1.82) is 0 Å². The highest BCUT2D eigenvalue weighted by molar-refractivity contribution is 5.79. The predicted molar refractivity (Wildman–Crippen MR) is 75.3 cm³/mol. The van der Waals surface area contributed by atoms with Crippen molar-refractivity contribution in [2.75, 3.05) is 26.3 Å². The quantitative estimate of drug-likeness (QED) is 0.874. The molecule has 0 aliphatic carbocycles. The molecule has 0 spiro atoms. The van der Waals surface area contributed by atoms with E-state index >= 15 is 0 Å². The van der Waals surface area contributed by atoms with E-state index in [-0.39, 0.29) is 25.7 Å². The van der Waals surface area contributed by atoms with E-state index in [0.29, 0.717) is 12.3 Å². The molecule has 2 rings (SSSR count). The minimum absolute atomic E-state index is 0.0618. The van der Waals surface area contributed by atoms with Gasteiger partial charge in [0.2, 0.25) is 0 Å². The molecule has 1 fully saturated rings. The number of amides is 1. The van der Waals surface area contributed by atoms with E-state index in [1.54, 1.807) is 0 Å². The molecule has 0 bridgehead atoms. The van der Waals surface area contributed by atoms with Crippen molar-refractivity contribution in [3.8, 4) is 5.75 Å². The lowest BCUT2D eigenvalue weighted by Crippen LogP contribution is -2.49. The smallest absolute Gasteiger partial charge is 0.334 e. The molecule has 1 atom stereocenters. The second kappa shape index (κ2) is 7.08. The first kappa shape index (κ1) is 15.3. The highest BCUT2D eigenvalue weighted by atomic mass is 16.5. The van der Waals surface area contributed by atoms with Crippen LogP contribution in [0.15, 0.2) is 24.3 Å². The molecule has 6 nitrogen and oxygen atoms in total. The predicted octanol–water partition coefficient (Wildman–Crippen LogP) is 0.940. The van der Waals surface area contributed by atoms with Crippen LogP contribution in [0.2, 0.25) is 0 Å². The van der Waals surface area contributed by atoms with E-state index in [4.69, 9.17) is 14.6 Å². The Bertz CT molecular complexity index is 499. The van der Waals surface area contributed by atoms with Gasteiger partial charge in [-0.15, -0.1) is 0 Å². The zero-order valence-corrected chi connectivity index (χ0v) is 11.9. The van der Waals surface area contributed by atoms with Gasteiger partial charge in [-0.3, -0.25) is 4.79 Å². The van der Waals surface area contributed by atoms with Gasteiger partial charge in [0.15, 0.2) is 12.7 Å². The maximum atomic E-state index is 12.0. The Labute approximate surface area is 123 Å². The second-order valence-electron chi connectivity index (χ2n) is 4.82. The van der Waals surface area contributed by atoms with Crippen molar-refractivity contribution in [1.82, 2.24) is 4.90 Å². The lowest BCUT2D eigenvalue weighted by atomic mass is 10.2. The van der Waals surface area contributed by atoms with Gasteiger partial charge in [0, 0.05) is 6.54 Å². The Morgan fingerprint density at radius 3 is 2.71 bits per heavy atom. The molecule has 114 valence electrons. The summed E-state index contributed by atoms with van der Waals surface area (Å²) < 4.78 is 10.5. The van der Waals surface area contributed by atoms with Gasteiger partial charge in [-0.1, -0.05) is 19.1 Å². The van der Waals surface area contributed by atoms with Crippen molar-refractivity contribution in [3.05, 3.63) is 29.8 Å². The second-order valence-corrected chi connectivity index (χ2v) is 4.82. The normalized spacial score (nSPS) is 18.3. The molecule has 1 aromatic carbocycles. The van der Waals surface area contributed by atoms with Crippen LogP contribution in [0.3, 0.4) is 0 Å². The molecule has 1 heterocycles. The summed E-state index contributed by atoms with van der Waals surface area (Å²) in [6, 6.07) is 7.56. The average molecular weight is 293 g/mol. The SMILES string of the molecule is CCc1ccc(OCC(=O)N2CCO[C@@H](C(=O)O)C2)cc1. The number of aliphatic carboxylic acids is 1. The third kappa shape index (κ3) is 4.19. The number of carbonyl (C=O) groups is 2. The van der Waals surface area contributed by atoms with Crippen LogP contribution in [0.1, 0.15) is 12.5 Å². The monoisotopic (exact) mass is 293 g/mol. The fourth-order valence-corrected chi connectivity index (χ4v) is 2.08. The Morgan fingerprint density at radius 2 is 2.10 bits per heavy atom. The molecule has 0 unspecified atom stereocenters. The third-order valence-electron chi connectivity index (χ3n) is 3.39. The minimum Gasteiger partial charge on any atom is -0.484 e. The number of hydrogen-bond donors (Lipinski definition) is 1. The van der Waals surface area contributed by atoms with Crippen molar-refractivity contribution in [2.24, 2.45) is 0 Å². The molecule has 1 saturated heterocycles. The van der Waals surface area contributed by atoms with Gasteiger partial charge in [-0.2, -0.15) is 0 Å². The van der Waals surface area contributed by atoms with E-state index in [1.807, 2.05) is 24.3 Å². The lowest BCUT2D eigenvalue weighted by molar-refractivity contribution is -0.159. The van der Waals surface area contributed by atoms with Crippen molar-refractivity contribution >= 4 is 11.9 Å². The number of carbonyl (C=O) groups excluding carboxylic acids is 1. The van der Waals surface area contributed by atoms with E-state index in [0.717, 1.165) is 6.42 Å². The van der Waals surface area contributed by atoms with Crippen molar-refractivity contribution in [2.45, 2.75) is 19.4 Å². The van der Waals surface area contributed by atoms with Crippen LogP contribution in [0.5, 0.6) is 5.75 Å². The summed E-state index contributed by atoms with van der Waals surface area (Å²) in [4.78, 5) is 24.3. The summed E-state index contributed by atoms with van der Waals surface area (Å²) in [5, 5.41) is 8.90. The zero-order valence-electron chi connectivity index (χ0n) is 11.9. The van der Waals surface area contributed by atoms with Crippen LogP contribution >= 0.6 is 0 Å². The van der Waals surface area contributed by atoms with Gasteiger partial charge in [-0.25, -0.2) is 4.79 Å². The highest BCUT2D eigenvalue weighted by Gasteiger charge is 2.28. The molecule has 0 radical (unpaired) electrons. The maximum Gasteiger partial charge on any atom is 0.334 e. The summed E-state index contributed by atoms with van der Waals surface area (Å²) >= 11 is 0. The van der Waals surface area contributed by atoms with Crippen LogP contribution in [-0.2, 0) is 20.7 Å². The van der Waals surface area contributed by atoms with E-state index in [9.17, 15) is 9.59 Å². The highest BCUT2D eigenvalue weighted by Crippen LogP contribution is 2.13. The fourth-order valence-electron chi connectivity index (χ4n) is 2.08. The standard InChI is InChI=1S/C15H19NO5/c1-2-11-3-5-12(6-4-11)21-10-14(17)16-7-8-20-13(9-16)15(18)19/h3-6,13H,2,7-10H2,1H3,(H,18,19)/t13-/m1/s1. The van der Waals surface area contributed by atoms with E-state index in [2.05, 4.69) is 6.92 Å². The van der Waals surface area contributed by atoms with Crippen LogP contribution in [0.25, 0.3) is 0 Å². The molecule has 1 aliphatic rings. The Hall–Kier alpha value is -2.08. The number of rotatable bonds is 5. The zero-order chi connectivity index (χ0) is 15.2.